The number of likely N-dealkylation sites (tertiary alicyclic amines) is 2. The van der Waals surface area contributed by atoms with Crippen molar-refractivity contribution in [3.63, 3.8) is 0 Å². The number of nitrogens with zero attached hydrogens (tertiary/aromatic N) is 4. The SMILES string of the molecule is COc1ncc(C(=O)N2CCC3(CCCN(Cc4ccc(C(C)C)cc4)C3)C2)cn1. The molecule has 1 amide bonds. The highest BCUT2D eigenvalue weighted by atomic mass is 16.5. The fraction of sp³-hybridized carbons (Fsp3) is 0.542. The van der Waals surface area contributed by atoms with Gasteiger partial charge in [-0.15, -0.1) is 0 Å². The van der Waals surface area contributed by atoms with E-state index in [2.05, 4.69) is 53.0 Å². The zero-order valence-corrected chi connectivity index (χ0v) is 18.3. The Hall–Kier alpha value is -2.47. The predicted octanol–water partition coefficient (Wildman–Crippen LogP) is 3.74. The van der Waals surface area contributed by atoms with Crippen LogP contribution in [-0.2, 0) is 6.54 Å². The molecule has 6 nitrogen and oxygen atoms in total. The molecule has 1 spiro atoms. The van der Waals surface area contributed by atoms with E-state index >= 15 is 0 Å². The number of methoxy groups -OCH3 is 1. The van der Waals surface area contributed by atoms with Crippen molar-refractivity contribution in [2.24, 2.45) is 5.41 Å². The highest BCUT2D eigenvalue weighted by Crippen LogP contribution is 2.39. The molecule has 160 valence electrons. The predicted molar refractivity (Wildman–Crippen MR) is 117 cm³/mol. The number of ether oxygens (including phenoxy) is 1. The minimum absolute atomic E-state index is 0.0240. The van der Waals surface area contributed by atoms with Crippen LogP contribution in [0.5, 0.6) is 6.01 Å². The molecule has 1 atom stereocenters. The van der Waals surface area contributed by atoms with Gasteiger partial charge in [-0.1, -0.05) is 38.1 Å². The van der Waals surface area contributed by atoms with Gasteiger partial charge in [0.15, 0.2) is 0 Å². The van der Waals surface area contributed by atoms with Gasteiger partial charge >= 0.3 is 6.01 Å². The Morgan fingerprint density at radius 3 is 2.50 bits per heavy atom. The lowest BCUT2D eigenvalue weighted by Gasteiger charge is -2.40. The standard InChI is InChI=1S/C24H32N4O2/c1-18(2)20-7-5-19(6-8-20)15-27-11-4-9-24(16-27)10-12-28(17-24)22(29)21-13-25-23(30-3)26-14-21/h5-8,13-14,18H,4,9-12,15-17H2,1-3H3. The van der Waals surface area contributed by atoms with Gasteiger partial charge in [0, 0.05) is 44.0 Å². The van der Waals surface area contributed by atoms with Crippen LogP contribution in [0.1, 0.15) is 60.5 Å². The summed E-state index contributed by atoms with van der Waals surface area (Å²) in [6, 6.07) is 9.34. The first-order valence-electron chi connectivity index (χ1n) is 10.9. The summed E-state index contributed by atoms with van der Waals surface area (Å²) in [5, 5.41) is 0. The average molecular weight is 409 g/mol. The molecule has 0 radical (unpaired) electrons. The number of aromatic nitrogens is 2. The van der Waals surface area contributed by atoms with E-state index in [1.54, 1.807) is 12.4 Å². The Morgan fingerprint density at radius 1 is 1.10 bits per heavy atom. The third-order valence-electron chi connectivity index (χ3n) is 6.58. The number of carbonyl (C=O) groups is 1. The second-order valence-corrected chi connectivity index (χ2v) is 9.15. The summed E-state index contributed by atoms with van der Waals surface area (Å²) in [6.07, 6.45) is 6.58. The molecule has 2 aliphatic heterocycles. The van der Waals surface area contributed by atoms with Crippen LogP contribution in [0.2, 0.25) is 0 Å². The minimum atomic E-state index is 0.0240. The molecule has 30 heavy (non-hydrogen) atoms. The largest absolute Gasteiger partial charge is 0.467 e. The van der Waals surface area contributed by atoms with Crippen molar-refractivity contribution in [1.29, 1.82) is 0 Å². The van der Waals surface area contributed by atoms with Gasteiger partial charge in [-0.05, 0) is 42.9 Å². The number of hydrogen-bond acceptors (Lipinski definition) is 5. The first kappa shape index (κ1) is 20.8. The lowest BCUT2D eigenvalue weighted by atomic mass is 9.79. The summed E-state index contributed by atoms with van der Waals surface area (Å²) in [5.41, 5.74) is 3.50. The van der Waals surface area contributed by atoms with Crippen LogP contribution >= 0.6 is 0 Å². The molecule has 4 rings (SSSR count). The van der Waals surface area contributed by atoms with E-state index in [1.807, 2.05) is 4.90 Å². The summed E-state index contributed by atoms with van der Waals surface area (Å²) < 4.78 is 4.99. The van der Waals surface area contributed by atoms with Crippen molar-refractivity contribution in [2.45, 2.75) is 45.6 Å². The number of hydrogen-bond donors (Lipinski definition) is 0. The lowest BCUT2D eigenvalue weighted by Crippen LogP contribution is -2.45. The maximum atomic E-state index is 12.9. The first-order chi connectivity index (χ1) is 14.5. The fourth-order valence-electron chi connectivity index (χ4n) is 4.87. The van der Waals surface area contributed by atoms with Crippen molar-refractivity contribution < 1.29 is 9.53 Å². The Balaban J connectivity index is 1.38. The second kappa shape index (κ2) is 8.72. The molecule has 2 saturated heterocycles. The number of carbonyl (C=O) groups excluding carboxylic acids is 1. The van der Waals surface area contributed by atoms with E-state index in [9.17, 15) is 4.79 Å². The Kier molecular flexibility index (Phi) is 6.04. The molecule has 6 heteroatoms. The quantitative estimate of drug-likeness (QED) is 0.754. The van der Waals surface area contributed by atoms with Gasteiger partial charge in [-0.25, -0.2) is 9.97 Å². The van der Waals surface area contributed by atoms with E-state index in [0.717, 1.165) is 39.1 Å². The summed E-state index contributed by atoms with van der Waals surface area (Å²) in [7, 11) is 1.52. The van der Waals surface area contributed by atoms with Crippen molar-refractivity contribution in [3.05, 3.63) is 53.3 Å². The smallest absolute Gasteiger partial charge is 0.316 e. The lowest BCUT2D eigenvalue weighted by molar-refractivity contribution is 0.0674. The van der Waals surface area contributed by atoms with Gasteiger partial charge in [0.05, 0.1) is 12.7 Å². The topological polar surface area (TPSA) is 58.6 Å². The molecule has 0 aliphatic carbocycles. The maximum Gasteiger partial charge on any atom is 0.316 e. The first-order valence-corrected chi connectivity index (χ1v) is 10.9. The fourth-order valence-corrected chi connectivity index (χ4v) is 4.87. The number of benzene rings is 1. The molecular formula is C24H32N4O2. The van der Waals surface area contributed by atoms with Gasteiger partial charge in [0.1, 0.15) is 0 Å². The molecule has 1 unspecified atom stereocenters. The van der Waals surface area contributed by atoms with E-state index in [4.69, 9.17) is 4.74 Å². The van der Waals surface area contributed by atoms with Gasteiger partial charge in [0.25, 0.3) is 5.91 Å². The molecule has 3 heterocycles. The van der Waals surface area contributed by atoms with Gasteiger partial charge in [-0.3, -0.25) is 9.69 Å². The van der Waals surface area contributed by atoms with E-state index in [-0.39, 0.29) is 17.3 Å². The molecule has 0 saturated carbocycles. The maximum absolute atomic E-state index is 12.9. The Bertz CT molecular complexity index is 866. The van der Waals surface area contributed by atoms with Gasteiger partial charge in [0.2, 0.25) is 0 Å². The molecule has 2 aliphatic rings. The zero-order valence-electron chi connectivity index (χ0n) is 18.3. The number of piperidine rings is 1. The molecule has 1 aromatic carbocycles. The molecule has 2 aromatic rings. The van der Waals surface area contributed by atoms with E-state index in [1.165, 1.54) is 31.1 Å². The van der Waals surface area contributed by atoms with Crippen LogP contribution in [0.3, 0.4) is 0 Å². The van der Waals surface area contributed by atoms with Crippen molar-refractivity contribution in [1.82, 2.24) is 19.8 Å². The van der Waals surface area contributed by atoms with Crippen LogP contribution in [0, 0.1) is 5.41 Å². The van der Waals surface area contributed by atoms with Crippen LogP contribution < -0.4 is 4.74 Å². The van der Waals surface area contributed by atoms with Crippen molar-refractivity contribution >= 4 is 5.91 Å². The monoisotopic (exact) mass is 408 g/mol. The van der Waals surface area contributed by atoms with Gasteiger partial charge in [-0.2, -0.15) is 0 Å². The van der Waals surface area contributed by atoms with Crippen LogP contribution in [0.4, 0.5) is 0 Å². The third-order valence-corrected chi connectivity index (χ3v) is 6.58. The second-order valence-electron chi connectivity index (χ2n) is 9.15. The molecule has 2 fully saturated rings. The zero-order chi connectivity index (χ0) is 21.1. The molecule has 0 bridgehead atoms. The number of amides is 1. The normalized spacial score (nSPS) is 22.1. The highest BCUT2D eigenvalue weighted by Gasteiger charge is 2.42. The summed E-state index contributed by atoms with van der Waals surface area (Å²) >= 11 is 0. The molecular weight excluding hydrogens is 376 g/mol. The van der Waals surface area contributed by atoms with Crippen LogP contribution in [-0.4, -0.2) is 59.0 Å². The Morgan fingerprint density at radius 2 is 1.83 bits per heavy atom. The third kappa shape index (κ3) is 4.48. The van der Waals surface area contributed by atoms with Crippen molar-refractivity contribution in [3.8, 4) is 6.01 Å². The van der Waals surface area contributed by atoms with Crippen LogP contribution in [0.25, 0.3) is 0 Å². The van der Waals surface area contributed by atoms with E-state index in [0.29, 0.717) is 11.5 Å². The van der Waals surface area contributed by atoms with Crippen LogP contribution in [0.15, 0.2) is 36.7 Å². The average Bonchev–Trinajstić information content (AvgIpc) is 3.16. The van der Waals surface area contributed by atoms with E-state index < -0.39 is 0 Å². The minimum Gasteiger partial charge on any atom is -0.467 e. The summed E-state index contributed by atoms with van der Waals surface area (Å²) in [5.74, 6) is 0.589. The summed E-state index contributed by atoms with van der Waals surface area (Å²) in [4.78, 5) is 25.6. The van der Waals surface area contributed by atoms with Gasteiger partial charge < -0.3 is 9.64 Å². The molecule has 0 N–H and O–H groups in total. The summed E-state index contributed by atoms with van der Waals surface area (Å²) in [6.45, 7) is 9.27. The molecule has 1 aromatic heterocycles. The Labute approximate surface area is 179 Å². The highest BCUT2D eigenvalue weighted by molar-refractivity contribution is 5.93. The van der Waals surface area contributed by atoms with Crippen molar-refractivity contribution in [2.75, 3.05) is 33.3 Å². The number of rotatable bonds is 5.